The molecule has 84 valence electrons. The molecule has 0 saturated heterocycles. The van der Waals surface area contributed by atoms with Crippen molar-refractivity contribution in [1.82, 2.24) is 4.98 Å². The Morgan fingerprint density at radius 1 is 1.33 bits per heavy atom. The van der Waals surface area contributed by atoms with Gasteiger partial charge in [-0.2, -0.15) is 0 Å². The average Bonchev–Trinajstić information content (AvgIpc) is 2.50. The van der Waals surface area contributed by atoms with Crippen molar-refractivity contribution in [2.24, 2.45) is 5.73 Å². The van der Waals surface area contributed by atoms with Crippen molar-refractivity contribution >= 4 is 16.5 Å². The highest BCUT2D eigenvalue weighted by atomic mass is 32.1. The predicted octanol–water partition coefficient (Wildman–Crippen LogP) is 2.44. The molecule has 1 fully saturated rings. The maximum Gasteiger partial charge on any atom is 0.183 e. The van der Waals surface area contributed by atoms with Crippen LogP contribution >= 0.6 is 11.3 Å². The number of aryl methyl sites for hydroxylation is 2. The number of hydrogen-bond donors (Lipinski definition) is 2. The van der Waals surface area contributed by atoms with Gasteiger partial charge < -0.3 is 11.1 Å². The monoisotopic (exact) mass is 225 g/mol. The average molecular weight is 225 g/mol. The van der Waals surface area contributed by atoms with E-state index in [4.69, 9.17) is 5.73 Å². The summed E-state index contributed by atoms with van der Waals surface area (Å²) in [5.74, 6) is 0. The van der Waals surface area contributed by atoms with Gasteiger partial charge in [-0.1, -0.05) is 12.8 Å². The minimum Gasteiger partial charge on any atom is -0.357 e. The molecule has 0 aromatic carbocycles. The topological polar surface area (TPSA) is 50.9 Å². The maximum atomic E-state index is 6.09. The molecule has 2 atom stereocenters. The lowest BCUT2D eigenvalue weighted by atomic mass is 9.91. The highest BCUT2D eigenvalue weighted by molar-refractivity contribution is 7.15. The smallest absolute Gasteiger partial charge is 0.183 e. The predicted molar refractivity (Wildman–Crippen MR) is 65.4 cm³/mol. The summed E-state index contributed by atoms with van der Waals surface area (Å²) in [4.78, 5) is 5.78. The van der Waals surface area contributed by atoms with Gasteiger partial charge in [-0.25, -0.2) is 4.98 Å². The Balaban J connectivity index is 2.01. The van der Waals surface area contributed by atoms with E-state index in [1.54, 1.807) is 11.3 Å². The molecule has 4 heteroatoms. The Morgan fingerprint density at radius 2 is 2.07 bits per heavy atom. The van der Waals surface area contributed by atoms with E-state index in [2.05, 4.69) is 24.1 Å². The third kappa shape index (κ3) is 2.49. The van der Waals surface area contributed by atoms with Crippen LogP contribution in [0, 0.1) is 13.8 Å². The van der Waals surface area contributed by atoms with E-state index in [9.17, 15) is 0 Å². The Morgan fingerprint density at radius 3 is 2.67 bits per heavy atom. The van der Waals surface area contributed by atoms with Crippen LogP contribution in [0.15, 0.2) is 0 Å². The summed E-state index contributed by atoms with van der Waals surface area (Å²) in [5, 5.41) is 4.51. The zero-order chi connectivity index (χ0) is 10.8. The molecule has 0 aliphatic heterocycles. The lowest BCUT2D eigenvalue weighted by Gasteiger charge is -2.29. The van der Waals surface area contributed by atoms with Gasteiger partial charge in [-0.3, -0.25) is 0 Å². The van der Waals surface area contributed by atoms with Gasteiger partial charge in [0.1, 0.15) is 0 Å². The van der Waals surface area contributed by atoms with Crippen LogP contribution in [0.4, 0.5) is 5.13 Å². The fourth-order valence-corrected chi connectivity index (χ4v) is 2.91. The van der Waals surface area contributed by atoms with Gasteiger partial charge >= 0.3 is 0 Å². The molecular formula is C11H19N3S. The van der Waals surface area contributed by atoms with Crippen LogP contribution in [0.1, 0.15) is 36.3 Å². The van der Waals surface area contributed by atoms with Crippen molar-refractivity contribution in [2.75, 3.05) is 5.32 Å². The van der Waals surface area contributed by atoms with Gasteiger partial charge in [-0.15, -0.1) is 11.3 Å². The molecule has 1 aliphatic rings. The number of nitrogens with two attached hydrogens (primary N) is 1. The molecule has 15 heavy (non-hydrogen) atoms. The first kappa shape index (κ1) is 10.9. The Hall–Kier alpha value is -0.610. The second kappa shape index (κ2) is 4.49. The minimum atomic E-state index is 0.295. The lowest BCUT2D eigenvalue weighted by Crippen LogP contribution is -2.42. The largest absolute Gasteiger partial charge is 0.357 e. The third-order valence-electron chi connectivity index (χ3n) is 3.16. The molecule has 1 aromatic heterocycles. The van der Waals surface area contributed by atoms with Crippen LogP contribution < -0.4 is 11.1 Å². The molecule has 3 nitrogen and oxygen atoms in total. The van der Waals surface area contributed by atoms with Gasteiger partial charge in [0.05, 0.1) is 5.69 Å². The van der Waals surface area contributed by atoms with Gasteiger partial charge in [0.2, 0.25) is 0 Å². The second-order valence-electron chi connectivity index (χ2n) is 4.36. The first-order valence-corrected chi connectivity index (χ1v) is 6.44. The van der Waals surface area contributed by atoms with Gasteiger partial charge in [0.25, 0.3) is 0 Å². The molecule has 0 radical (unpaired) electrons. The fraction of sp³-hybridized carbons (Fsp3) is 0.727. The van der Waals surface area contributed by atoms with Crippen LogP contribution in [0.2, 0.25) is 0 Å². The standard InChI is InChI=1S/C11H19N3S/c1-7-8(2)15-11(13-7)14-10-6-4-3-5-9(10)12/h9-10H,3-6,12H2,1-2H3,(H,13,14)/t9-,10-/m1/s1. The number of nitrogens with zero attached hydrogens (tertiary/aromatic N) is 1. The van der Waals surface area contributed by atoms with Crippen molar-refractivity contribution in [2.45, 2.75) is 51.6 Å². The van der Waals surface area contributed by atoms with Gasteiger partial charge in [-0.05, 0) is 26.7 Å². The summed E-state index contributed by atoms with van der Waals surface area (Å²) < 4.78 is 0. The van der Waals surface area contributed by atoms with E-state index in [1.807, 2.05) is 0 Å². The molecular weight excluding hydrogens is 206 g/mol. The molecule has 1 aromatic rings. The van der Waals surface area contributed by atoms with Crippen LogP contribution in [-0.4, -0.2) is 17.1 Å². The number of hydrogen-bond acceptors (Lipinski definition) is 4. The Bertz CT molecular complexity index is 315. The summed E-state index contributed by atoms with van der Waals surface area (Å²) in [6.45, 7) is 4.16. The highest BCUT2D eigenvalue weighted by Gasteiger charge is 2.22. The maximum absolute atomic E-state index is 6.09. The van der Waals surface area contributed by atoms with Crippen molar-refractivity contribution in [1.29, 1.82) is 0 Å². The first-order chi connectivity index (χ1) is 7.16. The third-order valence-corrected chi connectivity index (χ3v) is 4.16. The van der Waals surface area contributed by atoms with Crippen LogP contribution in [0.25, 0.3) is 0 Å². The zero-order valence-corrected chi connectivity index (χ0v) is 10.2. The molecule has 1 saturated carbocycles. The van der Waals surface area contributed by atoms with E-state index >= 15 is 0 Å². The molecule has 0 amide bonds. The van der Waals surface area contributed by atoms with Crippen LogP contribution in [0.3, 0.4) is 0 Å². The lowest BCUT2D eigenvalue weighted by molar-refractivity contribution is 0.404. The van der Waals surface area contributed by atoms with Crippen molar-refractivity contribution in [3.63, 3.8) is 0 Å². The summed E-state index contributed by atoms with van der Waals surface area (Å²) in [5.41, 5.74) is 7.22. The summed E-state index contributed by atoms with van der Waals surface area (Å²) in [7, 11) is 0. The molecule has 1 heterocycles. The second-order valence-corrected chi connectivity index (χ2v) is 5.56. The number of anilines is 1. The van der Waals surface area contributed by atoms with Crippen molar-refractivity contribution in [3.05, 3.63) is 10.6 Å². The summed E-state index contributed by atoms with van der Waals surface area (Å²) >= 11 is 1.73. The van der Waals surface area contributed by atoms with Crippen molar-refractivity contribution < 1.29 is 0 Å². The summed E-state index contributed by atoms with van der Waals surface area (Å²) in [6.07, 6.45) is 4.88. The molecule has 0 unspecified atom stereocenters. The van der Waals surface area contributed by atoms with Crippen LogP contribution in [-0.2, 0) is 0 Å². The highest BCUT2D eigenvalue weighted by Crippen LogP contribution is 2.25. The molecule has 0 spiro atoms. The first-order valence-electron chi connectivity index (χ1n) is 5.63. The molecule has 0 bridgehead atoms. The van der Waals surface area contributed by atoms with Gasteiger partial charge in [0, 0.05) is 17.0 Å². The Labute approximate surface area is 95.1 Å². The number of nitrogens with one attached hydrogen (secondary N) is 1. The number of thiazole rings is 1. The molecule has 2 rings (SSSR count). The Kier molecular flexibility index (Phi) is 3.26. The zero-order valence-electron chi connectivity index (χ0n) is 9.42. The number of rotatable bonds is 2. The quantitative estimate of drug-likeness (QED) is 0.813. The van der Waals surface area contributed by atoms with Gasteiger partial charge in [0.15, 0.2) is 5.13 Å². The van der Waals surface area contributed by atoms with E-state index < -0.39 is 0 Å². The van der Waals surface area contributed by atoms with Crippen LogP contribution in [0.5, 0.6) is 0 Å². The SMILES string of the molecule is Cc1nc(N[C@@H]2CCCC[C@H]2N)sc1C. The minimum absolute atomic E-state index is 0.295. The summed E-state index contributed by atoms with van der Waals surface area (Å²) in [6, 6.07) is 0.715. The normalized spacial score (nSPS) is 26.6. The van der Waals surface area contributed by atoms with Crippen molar-refractivity contribution in [3.8, 4) is 0 Å². The molecule has 1 aliphatic carbocycles. The molecule has 3 N–H and O–H groups in total. The van der Waals surface area contributed by atoms with E-state index in [-0.39, 0.29) is 0 Å². The van der Waals surface area contributed by atoms with E-state index in [0.29, 0.717) is 12.1 Å². The van der Waals surface area contributed by atoms with E-state index in [1.165, 1.54) is 24.1 Å². The number of aromatic nitrogens is 1. The van der Waals surface area contributed by atoms with E-state index in [0.717, 1.165) is 17.2 Å². The fourth-order valence-electron chi connectivity index (χ4n) is 2.03.